The van der Waals surface area contributed by atoms with E-state index in [0.29, 0.717) is 29.4 Å². The number of carbonyl (C=O) groups is 1. The highest BCUT2D eigenvalue weighted by Gasteiger charge is 2.33. The van der Waals surface area contributed by atoms with Gasteiger partial charge in [0, 0.05) is 32.4 Å². The summed E-state index contributed by atoms with van der Waals surface area (Å²) < 4.78 is 30.0. The van der Waals surface area contributed by atoms with E-state index in [9.17, 15) is 13.2 Å². The van der Waals surface area contributed by atoms with Crippen LogP contribution in [-0.4, -0.2) is 69.5 Å². The molecule has 1 aliphatic rings. The number of pyridine rings is 1. The van der Waals surface area contributed by atoms with E-state index in [1.54, 1.807) is 23.2 Å². The average molecular weight is 483 g/mol. The van der Waals surface area contributed by atoms with E-state index in [4.69, 9.17) is 0 Å². The number of benzene rings is 1. The third kappa shape index (κ3) is 4.47. The van der Waals surface area contributed by atoms with E-state index in [1.807, 2.05) is 26.0 Å². The predicted octanol–water partition coefficient (Wildman–Crippen LogP) is 2.72. The molecule has 1 fully saturated rings. The average Bonchev–Trinajstić information content (AvgIpc) is 3.32. The van der Waals surface area contributed by atoms with Crippen molar-refractivity contribution in [3.05, 3.63) is 65.4 Å². The summed E-state index contributed by atoms with van der Waals surface area (Å²) in [5.74, 6) is 0.183. The molecule has 10 heteroatoms. The maximum Gasteiger partial charge on any atom is 0.257 e. The number of sulfonamides is 1. The van der Waals surface area contributed by atoms with Gasteiger partial charge in [-0.3, -0.25) is 4.79 Å². The van der Waals surface area contributed by atoms with Gasteiger partial charge in [0.05, 0.1) is 10.5 Å². The Morgan fingerprint density at radius 3 is 2.24 bits per heavy atom. The van der Waals surface area contributed by atoms with Crippen LogP contribution in [0.5, 0.6) is 0 Å². The zero-order chi connectivity index (χ0) is 24.7. The monoisotopic (exact) mass is 482 g/mol. The van der Waals surface area contributed by atoms with E-state index in [2.05, 4.69) is 35.8 Å². The Morgan fingerprint density at radius 2 is 1.68 bits per heavy atom. The summed E-state index contributed by atoms with van der Waals surface area (Å²) in [6.07, 6.45) is 4.46. The number of aryl methyl sites for hydroxylation is 2. The number of nitrogens with zero attached hydrogens (tertiary/aromatic N) is 6. The first-order chi connectivity index (χ1) is 16.0. The molecule has 0 unspecified atom stereocenters. The molecule has 3 heterocycles. The van der Waals surface area contributed by atoms with E-state index in [1.165, 1.54) is 21.6 Å². The lowest BCUT2D eigenvalue weighted by Gasteiger charge is -2.35. The molecule has 34 heavy (non-hydrogen) atoms. The molecular formula is C24H30N6O3S. The van der Waals surface area contributed by atoms with Gasteiger partial charge < -0.3 is 4.90 Å². The second kappa shape index (κ2) is 8.92. The number of amides is 1. The van der Waals surface area contributed by atoms with Gasteiger partial charge in [-0.05, 0) is 48.1 Å². The van der Waals surface area contributed by atoms with Crippen molar-refractivity contribution in [3.8, 4) is 5.82 Å². The minimum Gasteiger partial charge on any atom is -0.336 e. The van der Waals surface area contributed by atoms with Crippen molar-refractivity contribution >= 4 is 15.9 Å². The Balaban J connectivity index is 1.53. The van der Waals surface area contributed by atoms with Crippen molar-refractivity contribution in [1.82, 2.24) is 29.0 Å². The summed E-state index contributed by atoms with van der Waals surface area (Å²) in [7, 11) is -3.68. The lowest BCUT2D eigenvalue weighted by atomic mass is 9.85. The molecule has 1 aliphatic heterocycles. The van der Waals surface area contributed by atoms with Crippen LogP contribution in [-0.2, 0) is 15.4 Å². The first kappa shape index (κ1) is 24.0. The molecule has 0 bridgehead atoms. The summed E-state index contributed by atoms with van der Waals surface area (Å²) in [6.45, 7) is 11.1. The molecule has 1 saturated heterocycles. The molecule has 1 amide bonds. The maximum atomic E-state index is 13.5. The molecule has 180 valence electrons. The molecule has 3 aromatic rings. The molecule has 0 radical (unpaired) electrons. The van der Waals surface area contributed by atoms with Gasteiger partial charge in [-0.1, -0.05) is 32.9 Å². The zero-order valence-corrected chi connectivity index (χ0v) is 21.0. The van der Waals surface area contributed by atoms with Gasteiger partial charge >= 0.3 is 0 Å². The third-order valence-corrected chi connectivity index (χ3v) is 8.31. The second-order valence-corrected chi connectivity index (χ2v) is 11.5. The van der Waals surface area contributed by atoms with Crippen LogP contribution in [0.2, 0.25) is 0 Å². The van der Waals surface area contributed by atoms with E-state index in [0.717, 1.165) is 16.7 Å². The molecule has 0 atom stereocenters. The summed E-state index contributed by atoms with van der Waals surface area (Å²) in [5, 5.41) is 4.08. The van der Waals surface area contributed by atoms with Crippen LogP contribution in [0.25, 0.3) is 5.82 Å². The molecule has 2 aromatic heterocycles. The van der Waals surface area contributed by atoms with Crippen LogP contribution < -0.4 is 0 Å². The normalized spacial score (nSPS) is 15.5. The van der Waals surface area contributed by atoms with Crippen LogP contribution in [0.3, 0.4) is 0 Å². The highest BCUT2D eigenvalue weighted by molar-refractivity contribution is 7.89. The Bertz CT molecular complexity index is 1280. The first-order valence-electron chi connectivity index (χ1n) is 11.2. The molecular weight excluding hydrogens is 452 g/mol. The standard InChI is InChI=1S/C24H30N6O3S/c1-17-13-19(24(3,4)5)14-18(2)21(17)34(32,33)29-11-9-28(10-12-29)23(31)20-7-6-8-26-22(20)30-16-25-15-27-30/h6-8,13-16H,9-12H2,1-5H3. The van der Waals surface area contributed by atoms with Gasteiger partial charge in [0.25, 0.3) is 5.91 Å². The minimum absolute atomic E-state index is 0.0683. The summed E-state index contributed by atoms with van der Waals surface area (Å²) in [6, 6.07) is 7.32. The number of aromatic nitrogens is 4. The molecule has 0 saturated carbocycles. The molecule has 0 spiro atoms. The Hall–Kier alpha value is -3.11. The van der Waals surface area contributed by atoms with Gasteiger partial charge in [0.2, 0.25) is 10.0 Å². The van der Waals surface area contributed by atoms with Crippen LogP contribution in [0.4, 0.5) is 0 Å². The maximum absolute atomic E-state index is 13.5. The Labute approximate surface area is 200 Å². The number of rotatable bonds is 4. The van der Waals surface area contributed by atoms with Crippen molar-refractivity contribution < 1.29 is 13.2 Å². The molecule has 1 aromatic carbocycles. The fourth-order valence-corrected chi connectivity index (χ4v) is 6.12. The van der Waals surface area contributed by atoms with Crippen LogP contribution in [0.15, 0.2) is 48.0 Å². The topological polar surface area (TPSA) is 101 Å². The molecule has 4 rings (SSSR count). The number of piperazine rings is 1. The van der Waals surface area contributed by atoms with Crippen molar-refractivity contribution in [2.45, 2.75) is 44.9 Å². The third-order valence-electron chi connectivity index (χ3n) is 6.10. The summed E-state index contributed by atoms with van der Waals surface area (Å²) in [4.78, 5) is 23.5. The highest BCUT2D eigenvalue weighted by Crippen LogP contribution is 2.31. The van der Waals surface area contributed by atoms with Crippen LogP contribution >= 0.6 is 0 Å². The van der Waals surface area contributed by atoms with E-state index >= 15 is 0 Å². The predicted molar refractivity (Wildman–Crippen MR) is 128 cm³/mol. The van der Waals surface area contributed by atoms with Crippen molar-refractivity contribution in [3.63, 3.8) is 0 Å². The number of hydrogen-bond donors (Lipinski definition) is 0. The van der Waals surface area contributed by atoms with Gasteiger partial charge in [-0.15, -0.1) is 0 Å². The Kier molecular flexibility index (Phi) is 6.30. The van der Waals surface area contributed by atoms with Crippen LogP contribution in [0, 0.1) is 13.8 Å². The first-order valence-corrected chi connectivity index (χ1v) is 12.7. The van der Waals surface area contributed by atoms with Gasteiger partial charge in [0.1, 0.15) is 12.7 Å². The second-order valence-electron chi connectivity index (χ2n) is 9.60. The lowest BCUT2D eigenvalue weighted by molar-refractivity contribution is 0.0697. The molecule has 9 nitrogen and oxygen atoms in total. The van der Waals surface area contributed by atoms with Gasteiger partial charge in [0.15, 0.2) is 5.82 Å². The smallest absolute Gasteiger partial charge is 0.257 e. The van der Waals surface area contributed by atoms with Crippen molar-refractivity contribution in [1.29, 1.82) is 0 Å². The quantitative estimate of drug-likeness (QED) is 0.567. The summed E-state index contributed by atoms with van der Waals surface area (Å²) >= 11 is 0. The van der Waals surface area contributed by atoms with E-state index in [-0.39, 0.29) is 24.4 Å². The summed E-state index contributed by atoms with van der Waals surface area (Å²) in [5.41, 5.74) is 2.93. The number of carbonyl (C=O) groups excluding carboxylic acids is 1. The fourth-order valence-electron chi connectivity index (χ4n) is 4.29. The van der Waals surface area contributed by atoms with E-state index < -0.39 is 10.0 Å². The Morgan fingerprint density at radius 1 is 1.03 bits per heavy atom. The van der Waals surface area contributed by atoms with Gasteiger partial charge in [-0.2, -0.15) is 9.40 Å². The molecule has 0 aliphatic carbocycles. The SMILES string of the molecule is Cc1cc(C(C)(C)C)cc(C)c1S(=O)(=O)N1CCN(C(=O)c2cccnc2-n2cncn2)CC1. The van der Waals surface area contributed by atoms with Gasteiger partial charge in [-0.25, -0.2) is 23.1 Å². The number of hydrogen-bond acceptors (Lipinski definition) is 6. The zero-order valence-electron chi connectivity index (χ0n) is 20.2. The van der Waals surface area contributed by atoms with Crippen LogP contribution in [0.1, 0.15) is 47.8 Å². The molecule has 0 N–H and O–H groups in total. The largest absolute Gasteiger partial charge is 0.336 e. The highest BCUT2D eigenvalue weighted by atomic mass is 32.2. The lowest BCUT2D eigenvalue weighted by Crippen LogP contribution is -2.50. The van der Waals surface area contributed by atoms with Crippen molar-refractivity contribution in [2.75, 3.05) is 26.2 Å². The minimum atomic E-state index is -3.68. The van der Waals surface area contributed by atoms with Crippen molar-refractivity contribution in [2.24, 2.45) is 0 Å². The fraction of sp³-hybridized carbons (Fsp3) is 0.417.